The van der Waals surface area contributed by atoms with Gasteiger partial charge in [-0.25, -0.2) is 4.68 Å². The Morgan fingerprint density at radius 2 is 1.77 bits per heavy atom. The standard InChI is InChI=1S/C21H23N3O2/c1-16-9-7-8-12-20(16)26-14-13-23(3)21(25)19-15-22-24(17(19)2)18-10-5-4-6-11-18/h4-12,15H,13-14H2,1-3H3. The Morgan fingerprint density at radius 1 is 1.08 bits per heavy atom. The molecule has 0 N–H and O–H groups in total. The van der Waals surface area contributed by atoms with E-state index in [0.29, 0.717) is 18.7 Å². The van der Waals surface area contributed by atoms with Gasteiger partial charge >= 0.3 is 0 Å². The van der Waals surface area contributed by atoms with Crippen molar-refractivity contribution in [1.29, 1.82) is 0 Å². The molecule has 3 aromatic rings. The minimum Gasteiger partial charge on any atom is -0.491 e. The van der Waals surface area contributed by atoms with Gasteiger partial charge in [0.2, 0.25) is 0 Å². The van der Waals surface area contributed by atoms with Crippen LogP contribution in [0.1, 0.15) is 21.6 Å². The molecule has 0 atom stereocenters. The Kier molecular flexibility index (Phi) is 5.37. The van der Waals surface area contributed by atoms with E-state index in [9.17, 15) is 4.79 Å². The van der Waals surface area contributed by atoms with E-state index in [-0.39, 0.29) is 5.91 Å². The third-order valence-corrected chi connectivity index (χ3v) is 4.37. The number of para-hydroxylation sites is 2. The summed E-state index contributed by atoms with van der Waals surface area (Å²) in [5.41, 5.74) is 3.45. The molecule has 5 heteroatoms. The van der Waals surface area contributed by atoms with Gasteiger partial charge in [-0.15, -0.1) is 0 Å². The number of aryl methyl sites for hydroxylation is 1. The second-order valence-electron chi connectivity index (χ2n) is 6.23. The van der Waals surface area contributed by atoms with Gasteiger partial charge < -0.3 is 9.64 Å². The summed E-state index contributed by atoms with van der Waals surface area (Å²) in [5, 5.41) is 4.37. The number of aromatic nitrogens is 2. The van der Waals surface area contributed by atoms with Crippen LogP contribution < -0.4 is 4.74 Å². The van der Waals surface area contributed by atoms with E-state index in [4.69, 9.17) is 4.74 Å². The second kappa shape index (κ2) is 7.87. The monoisotopic (exact) mass is 349 g/mol. The topological polar surface area (TPSA) is 47.4 Å². The van der Waals surface area contributed by atoms with Gasteiger partial charge in [-0.05, 0) is 37.6 Å². The first-order valence-electron chi connectivity index (χ1n) is 8.62. The average molecular weight is 349 g/mol. The summed E-state index contributed by atoms with van der Waals surface area (Å²) < 4.78 is 7.57. The van der Waals surface area contributed by atoms with Gasteiger partial charge in [0.1, 0.15) is 12.4 Å². The Labute approximate surface area is 153 Å². The number of ether oxygens (including phenoxy) is 1. The maximum absolute atomic E-state index is 12.7. The molecule has 26 heavy (non-hydrogen) atoms. The number of benzene rings is 2. The second-order valence-corrected chi connectivity index (χ2v) is 6.23. The molecule has 0 saturated carbocycles. The van der Waals surface area contributed by atoms with E-state index in [2.05, 4.69) is 5.10 Å². The van der Waals surface area contributed by atoms with Gasteiger partial charge in [0.05, 0.1) is 29.7 Å². The molecular weight excluding hydrogens is 326 g/mol. The lowest BCUT2D eigenvalue weighted by Crippen LogP contribution is -2.31. The van der Waals surface area contributed by atoms with Crippen LogP contribution in [0.3, 0.4) is 0 Å². The number of carbonyl (C=O) groups is 1. The predicted molar refractivity (Wildman–Crippen MR) is 102 cm³/mol. The summed E-state index contributed by atoms with van der Waals surface area (Å²) in [6.45, 7) is 4.86. The Bertz CT molecular complexity index is 887. The minimum atomic E-state index is -0.0573. The van der Waals surface area contributed by atoms with Crippen LogP contribution in [0.4, 0.5) is 0 Å². The number of nitrogens with zero attached hydrogens (tertiary/aromatic N) is 3. The zero-order chi connectivity index (χ0) is 18.5. The molecule has 0 radical (unpaired) electrons. The minimum absolute atomic E-state index is 0.0573. The molecule has 3 rings (SSSR count). The molecule has 0 aliphatic carbocycles. The van der Waals surface area contributed by atoms with Crippen molar-refractivity contribution in [2.24, 2.45) is 0 Å². The first kappa shape index (κ1) is 17.7. The van der Waals surface area contributed by atoms with Gasteiger partial charge in [0, 0.05) is 7.05 Å². The quantitative estimate of drug-likeness (QED) is 0.683. The van der Waals surface area contributed by atoms with Crippen molar-refractivity contribution in [3.05, 3.63) is 77.6 Å². The molecule has 1 heterocycles. The van der Waals surface area contributed by atoms with Crippen LogP contribution in [0, 0.1) is 13.8 Å². The van der Waals surface area contributed by atoms with E-state index < -0.39 is 0 Å². The highest BCUT2D eigenvalue weighted by molar-refractivity contribution is 5.95. The Morgan fingerprint density at radius 3 is 2.50 bits per heavy atom. The van der Waals surface area contributed by atoms with E-state index in [1.54, 1.807) is 22.8 Å². The van der Waals surface area contributed by atoms with E-state index >= 15 is 0 Å². The number of carbonyl (C=O) groups excluding carboxylic acids is 1. The number of hydrogen-bond donors (Lipinski definition) is 0. The molecule has 0 saturated heterocycles. The number of rotatable bonds is 6. The summed E-state index contributed by atoms with van der Waals surface area (Å²) in [4.78, 5) is 14.4. The SMILES string of the molecule is Cc1ccccc1OCCN(C)C(=O)c1cnn(-c2ccccc2)c1C. The van der Waals surface area contributed by atoms with Crippen molar-refractivity contribution < 1.29 is 9.53 Å². The lowest BCUT2D eigenvalue weighted by Gasteiger charge is -2.18. The van der Waals surface area contributed by atoms with Crippen LogP contribution in [0.15, 0.2) is 60.8 Å². The first-order valence-corrected chi connectivity index (χ1v) is 8.62. The highest BCUT2D eigenvalue weighted by Crippen LogP contribution is 2.17. The van der Waals surface area contributed by atoms with Crippen LogP contribution >= 0.6 is 0 Å². The van der Waals surface area contributed by atoms with E-state index in [0.717, 1.165) is 22.7 Å². The molecule has 1 aromatic heterocycles. The molecule has 134 valence electrons. The zero-order valence-corrected chi connectivity index (χ0v) is 15.3. The third kappa shape index (κ3) is 3.77. The van der Waals surface area contributed by atoms with Crippen LogP contribution in [0.2, 0.25) is 0 Å². The van der Waals surface area contributed by atoms with Gasteiger partial charge in [0.15, 0.2) is 0 Å². The maximum atomic E-state index is 12.7. The highest BCUT2D eigenvalue weighted by atomic mass is 16.5. The normalized spacial score (nSPS) is 10.6. The molecule has 0 aliphatic rings. The number of amides is 1. The molecule has 0 fully saturated rings. The maximum Gasteiger partial charge on any atom is 0.257 e. The predicted octanol–water partition coefficient (Wildman–Crippen LogP) is 3.64. The van der Waals surface area contributed by atoms with Crippen LogP contribution in [-0.4, -0.2) is 40.8 Å². The molecule has 5 nitrogen and oxygen atoms in total. The largest absolute Gasteiger partial charge is 0.491 e. The molecule has 0 aliphatic heterocycles. The Balaban J connectivity index is 1.64. The van der Waals surface area contributed by atoms with Crippen molar-refractivity contribution in [1.82, 2.24) is 14.7 Å². The van der Waals surface area contributed by atoms with Crippen molar-refractivity contribution >= 4 is 5.91 Å². The lowest BCUT2D eigenvalue weighted by atomic mass is 10.2. The summed E-state index contributed by atoms with van der Waals surface area (Å²) in [6.07, 6.45) is 1.63. The van der Waals surface area contributed by atoms with Crippen molar-refractivity contribution in [3.8, 4) is 11.4 Å². The molecular formula is C21H23N3O2. The van der Waals surface area contributed by atoms with Crippen molar-refractivity contribution in [3.63, 3.8) is 0 Å². The fourth-order valence-corrected chi connectivity index (χ4v) is 2.77. The van der Waals surface area contributed by atoms with Gasteiger partial charge in [-0.3, -0.25) is 4.79 Å². The summed E-state index contributed by atoms with van der Waals surface area (Å²) in [5.74, 6) is 0.791. The third-order valence-electron chi connectivity index (χ3n) is 4.37. The molecule has 0 bridgehead atoms. The fourth-order valence-electron chi connectivity index (χ4n) is 2.77. The molecule has 2 aromatic carbocycles. The van der Waals surface area contributed by atoms with Crippen LogP contribution in [0.25, 0.3) is 5.69 Å². The van der Waals surface area contributed by atoms with Gasteiger partial charge in [0.25, 0.3) is 5.91 Å². The smallest absolute Gasteiger partial charge is 0.257 e. The first-order chi connectivity index (χ1) is 12.6. The zero-order valence-electron chi connectivity index (χ0n) is 15.3. The van der Waals surface area contributed by atoms with Crippen LogP contribution in [-0.2, 0) is 0 Å². The van der Waals surface area contributed by atoms with E-state index in [1.807, 2.05) is 68.4 Å². The average Bonchev–Trinajstić information content (AvgIpc) is 3.04. The van der Waals surface area contributed by atoms with Crippen molar-refractivity contribution in [2.75, 3.05) is 20.2 Å². The molecule has 1 amide bonds. The van der Waals surface area contributed by atoms with Gasteiger partial charge in [-0.1, -0.05) is 36.4 Å². The lowest BCUT2D eigenvalue weighted by molar-refractivity contribution is 0.0773. The summed E-state index contributed by atoms with van der Waals surface area (Å²) >= 11 is 0. The van der Waals surface area contributed by atoms with Crippen molar-refractivity contribution in [2.45, 2.75) is 13.8 Å². The Hall–Kier alpha value is -3.08. The summed E-state index contributed by atoms with van der Waals surface area (Å²) in [6, 6.07) is 17.7. The summed E-state index contributed by atoms with van der Waals surface area (Å²) in [7, 11) is 1.78. The molecule has 0 unspecified atom stereocenters. The van der Waals surface area contributed by atoms with E-state index in [1.165, 1.54) is 0 Å². The highest BCUT2D eigenvalue weighted by Gasteiger charge is 2.18. The molecule has 0 spiro atoms. The van der Waals surface area contributed by atoms with Gasteiger partial charge in [-0.2, -0.15) is 5.10 Å². The fraction of sp³-hybridized carbons (Fsp3) is 0.238. The van der Waals surface area contributed by atoms with Crippen LogP contribution in [0.5, 0.6) is 5.75 Å². The number of hydrogen-bond acceptors (Lipinski definition) is 3. The number of likely N-dealkylation sites (N-methyl/N-ethyl adjacent to an activating group) is 1.